The number of hydrogen-bond acceptors (Lipinski definition) is 5. The van der Waals surface area contributed by atoms with E-state index in [1.165, 1.54) is 24.1 Å². The number of fused-ring (bicyclic) bond motifs is 3. The topological polar surface area (TPSA) is 36.4 Å². The maximum absolute atomic E-state index is 11.9. The molecule has 0 aromatic carbocycles. The Labute approximate surface area is 123 Å². The molecule has 108 valence electrons. The number of thiazole rings is 1. The molecule has 2 unspecified atom stereocenters. The third kappa shape index (κ3) is 1.99. The number of anilines is 1. The Bertz CT molecular complexity index is 541. The van der Waals surface area contributed by atoms with Crippen LogP contribution in [0.3, 0.4) is 0 Å². The highest BCUT2D eigenvalue weighted by Gasteiger charge is 2.36. The molecular weight excluding hydrogens is 270 g/mol. The second-order valence-corrected chi connectivity index (χ2v) is 7.39. The van der Waals surface area contributed by atoms with Gasteiger partial charge in [0, 0.05) is 36.5 Å². The molecule has 0 spiro atoms. The van der Waals surface area contributed by atoms with Gasteiger partial charge in [0.05, 0.1) is 0 Å². The van der Waals surface area contributed by atoms with Crippen molar-refractivity contribution < 1.29 is 4.79 Å². The van der Waals surface area contributed by atoms with Crippen LogP contribution in [-0.2, 0) is 6.42 Å². The number of rotatable bonds is 1. The van der Waals surface area contributed by atoms with Gasteiger partial charge < -0.3 is 4.90 Å². The zero-order valence-corrected chi connectivity index (χ0v) is 12.8. The molecule has 5 heteroatoms. The Morgan fingerprint density at radius 1 is 1.20 bits per heavy atom. The average Bonchev–Trinajstić information content (AvgIpc) is 2.93. The quantitative estimate of drug-likeness (QED) is 0.796. The first-order chi connectivity index (χ1) is 9.72. The lowest BCUT2D eigenvalue weighted by Crippen LogP contribution is -2.36. The lowest BCUT2D eigenvalue weighted by atomic mass is 10.0. The van der Waals surface area contributed by atoms with Crippen LogP contribution in [0.4, 0.5) is 5.13 Å². The summed E-state index contributed by atoms with van der Waals surface area (Å²) in [5.41, 5.74) is 0.777. The Kier molecular flexibility index (Phi) is 3.07. The van der Waals surface area contributed by atoms with Gasteiger partial charge in [0.15, 0.2) is 10.9 Å². The first kappa shape index (κ1) is 12.8. The highest BCUT2D eigenvalue weighted by molar-refractivity contribution is 7.16. The van der Waals surface area contributed by atoms with Crippen molar-refractivity contribution in [3.63, 3.8) is 0 Å². The minimum Gasteiger partial charge on any atom is -0.346 e. The number of ketones is 1. The summed E-state index contributed by atoms with van der Waals surface area (Å²) in [7, 11) is 2.27. The van der Waals surface area contributed by atoms with Crippen LogP contribution in [0, 0.1) is 0 Å². The molecule has 1 aromatic rings. The summed E-state index contributed by atoms with van der Waals surface area (Å²) in [5.74, 6) is 0.252. The summed E-state index contributed by atoms with van der Waals surface area (Å²) in [6.45, 7) is 2.17. The van der Waals surface area contributed by atoms with Crippen molar-refractivity contribution in [2.45, 2.75) is 50.6 Å². The number of aryl methyl sites for hydroxylation is 1. The maximum Gasteiger partial charge on any atom is 0.186 e. The van der Waals surface area contributed by atoms with Crippen molar-refractivity contribution in [2.75, 3.05) is 25.0 Å². The van der Waals surface area contributed by atoms with E-state index < -0.39 is 0 Å². The van der Waals surface area contributed by atoms with E-state index in [1.54, 1.807) is 11.3 Å². The third-order valence-electron chi connectivity index (χ3n) is 5.18. The van der Waals surface area contributed by atoms with Crippen molar-refractivity contribution in [3.8, 4) is 0 Å². The van der Waals surface area contributed by atoms with E-state index >= 15 is 0 Å². The molecule has 2 aliphatic heterocycles. The SMILES string of the molecule is CN1C2CCC1CN(c1nc3c(s1)CCCC3=O)CC2. The highest BCUT2D eigenvalue weighted by atomic mass is 32.1. The van der Waals surface area contributed by atoms with E-state index in [-0.39, 0.29) is 5.78 Å². The second-order valence-electron chi connectivity index (χ2n) is 6.33. The molecule has 0 radical (unpaired) electrons. The van der Waals surface area contributed by atoms with E-state index in [0.717, 1.165) is 42.8 Å². The molecule has 0 N–H and O–H groups in total. The van der Waals surface area contributed by atoms with Crippen molar-refractivity contribution in [1.82, 2.24) is 9.88 Å². The van der Waals surface area contributed by atoms with Gasteiger partial charge in [0.25, 0.3) is 0 Å². The number of nitrogens with zero attached hydrogens (tertiary/aromatic N) is 3. The van der Waals surface area contributed by atoms with E-state index in [2.05, 4.69) is 21.8 Å². The Morgan fingerprint density at radius 2 is 2.05 bits per heavy atom. The van der Waals surface area contributed by atoms with Crippen molar-refractivity contribution in [1.29, 1.82) is 0 Å². The molecule has 0 saturated carbocycles. The molecule has 4 nitrogen and oxygen atoms in total. The largest absolute Gasteiger partial charge is 0.346 e. The van der Waals surface area contributed by atoms with Gasteiger partial charge >= 0.3 is 0 Å². The Balaban J connectivity index is 1.60. The molecule has 0 amide bonds. The fraction of sp³-hybridized carbons (Fsp3) is 0.733. The van der Waals surface area contributed by atoms with E-state index in [1.807, 2.05) is 0 Å². The van der Waals surface area contributed by atoms with E-state index in [0.29, 0.717) is 12.5 Å². The highest BCUT2D eigenvalue weighted by Crippen LogP contribution is 2.35. The minimum absolute atomic E-state index is 0.252. The van der Waals surface area contributed by atoms with Gasteiger partial charge in [-0.05, 0) is 39.2 Å². The summed E-state index contributed by atoms with van der Waals surface area (Å²) in [5, 5.41) is 1.09. The van der Waals surface area contributed by atoms with Crippen LogP contribution in [-0.4, -0.2) is 47.9 Å². The van der Waals surface area contributed by atoms with Gasteiger partial charge in [-0.25, -0.2) is 4.98 Å². The van der Waals surface area contributed by atoms with Crippen LogP contribution in [0.25, 0.3) is 0 Å². The minimum atomic E-state index is 0.252. The molecule has 3 heterocycles. The fourth-order valence-electron chi connectivity index (χ4n) is 3.87. The first-order valence-corrected chi connectivity index (χ1v) is 8.54. The lowest BCUT2D eigenvalue weighted by molar-refractivity contribution is 0.0968. The maximum atomic E-state index is 11.9. The van der Waals surface area contributed by atoms with Crippen LogP contribution in [0.15, 0.2) is 0 Å². The van der Waals surface area contributed by atoms with Crippen molar-refractivity contribution in [3.05, 3.63) is 10.6 Å². The zero-order valence-electron chi connectivity index (χ0n) is 12.0. The molecule has 1 aromatic heterocycles. The summed E-state index contributed by atoms with van der Waals surface area (Å²) in [4.78, 5) is 22.8. The number of aromatic nitrogens is 1. The van der Waals surface area contributed by atoms with E-state index in [9.17, 15) is 4.79 Å². The molecule has 1 aliphatic carbocycles. The molecule has 20 heavy (non-hydrogen) atoms. The lowest BCUT2D eigenvalue weighted by Gasteiger charge is -2.25. The number of carbonyl (C=O) groups is 1. The first-order valence-electron chi connectivity index (χ1n) is 7.72. The normalized spacial score (nSPS) is 30.4. The second kappa shape index (κ2) is 4.81. The van der Waals surface area contributed by atoms with Crippen molar-refractivity contribution in [2.24, 2.45) is 0 Å². The number of carbonyl (C=O) groups excluding carboxylic acids is 1. The van der Waals surface area contributed by atoms with Gasteiger partial charge in [0.2, 0.25) is 0 Å². The standard InChI is InChI=1S/C15H21N3OS/c1-17-10-5-6-11(17)9-18(8-7-10)15-16-14-12(19)3-2-4-13(14)20-15/h10-11H,2-9H2,1H3. The molecule has 2 saturated heterocycles. The summed E-state index contributed by atoms with van der Waals surface area (Å²) in [6, 6.07) is 1.42. The number of Topliss-reactive ketones (excluding diaryl/α,β-unsaturated/α-hetero) is 1. The van der Waals surface area contributed by atoms with Gasteiger partial charge in [-0.15, -0.1) is 11.3 Å². The average molecular weight is 291 g/mol. The van der Waals surface area contributed by atoms with E-state index in [4.69, 9.17) is 0 Å². The fourth-order valence-corrected chi connectivity index (χ4v) is 5.03. The molecule has 3 aliphatic rings. The summed E-state index contributed by atoms with van der Waals surface area (Å²) < 4.78 is 0. The smallest absolute Gasteiger partial charge is 0.186 e. The van der Waals surface area contributed by atoms with Crippen LogP contribution in [0.5, 0.6) is 0 Å². The predicted octanol–water partition coefficient (Wildman–Crippen LogP) is 2.33. The molecule has 2 atom stereocenters. The van der Waals surface area contributed by atoms with Gasteiger partial charge in [-0.3, -0.25) is 9.69 Å². The van der Waals surface area contributed by atoms with Crippen molar-refractivity contribution >= 4 is 22.3 Å². The summed E-state index contributed by atoms with van der Waals surface area (Å²) >= 11 is 1.76. The summed E-state index contributed by atoms with van der Waals surface area (Å²) in [6.07, 6.45) is 6.61. The van der Waals surface area contributed by atoms with Crippen LogP contribution >= 0.6 is 11.3 Å². The van der Waals surface area contributed by atoms with Gasteiger partial charge in [-0.2, -0.15) is 0 Å². The molecule has 2 fully saturated rings. The Morgan fingerprint density at radius 3 is 2.90 bits per heavy atom. The monoisotopic (exact) mass is 291 g/mol. The predicted molar refractivity (Wildman–Crippen MR) is 80.8 cm³/mol. The Hall–Kier alpha value is -0.940. The molecular formula is C15H21N3OS. The zero-order chi connectivity index (χ0) is 13.7. The molecule has 2 bridgehead atoms. The van der Waals surface area contributed by atoms with Gasteiger partial charge in [-0.1, -0.05) is 0 Å². The number of likely N-dealkylation sites (N-methyl/N-ethyl adjacent to an activating group) is 1. The van der Waals surface area contributed by atoms with Crippen LogP contribution < -0.4 is 4.90 Å². The molecule has 4 rings (SSSR count). The number of hydrogen-bond donors (Lipinski definition) is 0. The van der Waals surface area contributed by atoms with Gasteiger partial charge in [0.1, 0.15) is 5.69 Å². The third-order valence-corrected chi connectivity index (χ3v) is 6.35. The van der Waals surface area contributed by atoms with Crippen LogP contribution in [0.2, 0.25) is 0 Å². The van der Waals surface area contributed by atoms with Crippen LogP contribution in [0.1, 0.15) is 47.5 Å².